The van der Waals surface area contributed by atoms with E-state index in [0.717, 1.165) is 112 Å². The van der Waals surface area contributed by atoms with Crippen molar-refractivity contribution in [3.8, 4) is 0 Å². The first-order valence-corrected chi connectivity index (χ1v) is 43.4. The molecule has 2 aliphatic rings. The lowest BCUT2D eigenvalue weighted by Crippen LogP contribution is -2.24. The summed E-state index contributed by atoms with van der Waals surface area (Å²) in [7, 11) is 0. The maximum Gasteiger partial charge on any atom is 0.146 e. The fourth-order valence-electron chi connectivity index (χ4n) is 20.0. The molecule has 8 nitrogen and oxygen atoms in total. The Hall–Kier alpha value is -14.9. The number of halogens is 1. The zero-order valence-corrected chi connectivity index (χ0v) is 68.6. The minimum atomic E-state index is 0. The smallest absolute Gasteiger partial charge is 0.146 e. The van der Waals surface area contributed by atoms with Crippen LogP contribution in [0.3, 0.4) is 0 Å². The summed E-state index contributed by atoms with van der Waals surface area (Å²) in [5.41, 5.74) is 20.9. The molecule has 26 aromatic rings. The Morgan fingerprint density at radius 3 is 1.08 bits per heavy atom. The molecule has 12 heteroatoms. The van der Waals surface area contributed by atoms with E-state index >= 15 is 0 Å². The van der Waals surface area contributed by atoms with Crippen LogP contribution in [0.25, 0.3) is 182 Å². The van der Waals surface area contributed by atoms with Crippen molar-refractivity contribution < 1.29 is 0 Å². The molecule has 2 aliphatic heterocycles. The van der Waals surface area contributed by atoms with Crippen LogP contribution in [0.4, 0.5) is 62.6 Å². The molecule has 0 saturated heterocycles. The maximum absolute atomic E-state index is 5.22. The number of aromatic nitrogens is 4. The zero-order chi connectivity index (χ0) is 79.2. The number of thiophene rings is 2. The van der Waals surface area contributed by atoms with Crippen LogP contribution in [0.1, 0.15) is 0 Å². The van der Waals surface area contributed by atoms with Crippen molar-refractivity contribution in [1.29, 1.82) is 0 Å². The predicted molar refractivity (Wildman–Crippen MR) is 527 cm³/mol. The summed E-state index contributed by atoms with van der Waals surface area (Å²) in [5, 5.41) is 31.3. The Labute approximate surface area is 717 Å². The Morgan fingerprint density at radius 1 is 0.221 bits per heavy atom. The Kier molecular flexibility index (Phi) is 15.7. The normalized spacial score (nSPS) is 12.6. The highest BCUT2D eigenvalue weighted by Crippen LogP contribution is 2.59. The van der Waals surface area contributed by atoms with Gasteiger partial charge in [-0.05, 0) is 237 Å². The van der Waals surface area contributed by atoms with Gasteiger partial charge in [0.25, 0.3) is 0 Å². The van der Waals surface area contributed by atoms with Gasteiger partial charge in [-0.3, -0.25) is 8.80 Å². The number of nitrogens with one attached hydrogen (secondary N) is 1. The minimum absolute atomic E-state index is 0. The van der Waals surface area contributed by atoms with Crippen molar-refractivity contribution in [2.45, 2.75) is 0 Å². The zero-order valence-electron chi connectivity index (χ0n) is 65.4. The van der Waals surface area contributed by atoms with Gasteiger partial charge in [-0.15, -0.1) is 22.7 Å². The van der Waals surface area contributed by atoms with Gasteiger partial charge in [0.1, 0.15) is 11.3 Å². The standard InChI is InChI=1S/C55H32N4S.C43H26N4.C12H7BrS.B/c1-3-16-36-34(14-1)35-15-2-4-17-37(35)44-32-52-51(31-43(36)44)57(48-24-10-11-25-49(48)58(52)50-26-13-20-40-39-19-6-12-27-53(39)60-54(40)50)33-28-29-41-42(30-33)38-18-5-8-22-46(38)59-47-23-9-7-21-45(47)56-55(41)59;1-3-13-29-27(11-1)28-12-2-4-14-30(28)35-25-42-38(24-34(29)35)44-36-16-6-9-19-40(36)46(42)26-21-22-32-33(23-26)31-15-5-8-18-39(31)47-41-20-10-7-17-37(41)45-43(32)47;13-10-6-3-5-9-8-4-1-2-7-11(8)14-12(9)10;/h1-32H;1-25,44H;1-7H;. The maximum atomic E-state index is 5.22. The van der Waals surface area contributed by atoms with E-state index in [0.29, 0.717) is 0 Å². The van der Waals surface area contributed by atoms with Crippen LogP contribution in [0, 0.1) is 0 Å². The molecule has 6 aromatic heterocycles. The molecule has 0 spiro atoms. The minimum Gasteiger partial charge on any atom is -0.352 e. The third-order valence-electron chi connectivity index (χ3n) is 25.2. The van der Waals surface area contributed by atoms with Crippen molar-refractivity contribution in [3.63, 3.8) is 0 Å². The third-order valence-corrected chi connectivity index (χ3v) is 28.5. The fourth-order valence-corrected chi connectivity index (χ4v) is 22.9. The van der Waals surface area contributed by atoms with Gasteiger partial charge in [0, 0.05) is 81.5 Å². The molecule has 8 heterocycles. The van der Waals surface area contributed by atoms with Gasteiger partial charge in [-0.25, -0.2) is 9.97 Å². The van der Waals surface area contributed by atoms with Gasteiger partial charge >= 0.3 is 0 Å². The van der Waals surface area contributed by atoms with Gasteiger partial charge in [-0.1, -0.05) is 243 Å². The first kappa shape index (κ1) is 70.1. The second kappa shape index (κ2) is 27.3. The van der Waals surface area contributed by atoms with Gasteiger partial charge in [0.15, 0.2) is 0 Å². The molecule has 0 atom stereocenters. The summed E-state index contributed by atoms with van der Waals surface area (Å²) < 4.78 is 11.1. The van der Waals surface area contributed by atoms with Crippen molar-refractivity contribution in [1.82, 2.24) is 18.8 Å². The predicted octanol–water partition coefficient (Wildman–Crippen LogP) is 32.1. The Bertz CT molecular complexity index is 9000. The highest BCUT2D eigenvalue weighted by molar-refractivity contribution is 9.10. The first-order valence-electron chi connectivity index (χ1n) is 41.0. The van der Waals surface area contributed by atoms with Gasteiger partial charge in [-0.2, -0.15) is 0 Å². The topological polar surface area (TPSA) is 56.4 Å². The lowest BCUT2D eigenvalue weighted by atomic mass is 9.92. The number of para-hydroxylation sites is 10. The molecular formula is C110H65BBrN8S2. The van der Waals surface area contributed by atoms with Crippen molar-refractivity contribution in [3.05, 3.63) is 393 Å². The molecule has 0 aliphatic carbocycles. The van der Waals surface area contributed by atoms with Crippen LogP contribution in [0.15, 0.2) is 393 Å². The lowest BCUT2D eigenvalue weighted by molar-refractivity contribution is 1.18. The highest BCUT2D eigenvalue weighted by atomic mass is 79.9. The number of anilines is 11. The van der Waals surface area contributed by atoms with Crippen LogP contribution in [0.5, 0.6) is 0 Å². The summed E-state index contributed by atoms with van der Waals surface area (Å²) in [6.45, 7) is 0. The quantitative estimate of drug-likeness (QED) is 0.141. The highest BCUT2D eigenvalue weighted by Gasteiger charge is 2.34. The van der Waals surface area contributed by atoms with E-state index in [1.54, 1.807) is 0 Å². The van der Waals surface area contributed by atoms with Crippen LogP contribution >= 0.6 is 38.6 Å². The molecule has 28 rings (SSSR count). The fraction of sp³-hybridized carbons (Fsp3) is 0. The lowest BCUT2D eigenvalue weighted by Gasteiger charge is -2.41. The van der Waals surface area contributed by atoms with E-state index in [1.165, 1.54) is 137 Å². The molecule has 0 unspecified atom stereocenters. The molecule has 0 fully saturated rings. The first-order chi connectivity index (χ1) is 60.0. The average molecular weight is 1650 g/mol. The molecule has 0 saturated carbocycles. The number of hydrogen-bond acceptors (Lipinski definition) is 8. The molecule has 567 valence electrons. The second-order valence-corrected chi connectivity index (χ2v) is 34.6. The molecule has 122 heavy (non-hydrogen) atoms. The molecule has 0 bridgehead atoms. The van der Waals surface area contributed by atoms with E-state index in [4.69, 9.17) is 9.97 Å². The van der Waals surface area contributed by atoms with E-state index in [-0.39, 0.29) is 8.41 Å². The average Bonchev–Trinajstić information content (AvgIpc) is 0.963. The van der Waals surface area contributed by atoms with Gasteiger partial charge < -0.3 is 20.0 Å². The Balaban J connectivity index is 0.000000117. The van der Waals surface area contributed by atoms with Crippen LogP contribution < -0.4 is 20.0 Å². The monoisotopic (exact) mass is 1650 g/mol. The van der Waals surface area contributed by atoms with E-state index in [1.807, 2.05) is 22.7 Å². The summed E-state index contributed by atoms with van der Waals surface area (Å²) in [4.78, 5) is 17.8. The number of benzene rings is 20. The molecule has 3 radical (unpaired) electrons. The number of pyridine rings is 2. The van der Waals surface area contributed by atoms with Crippen molar-refractivity contribution >= 4 is 291 Å². The number of nitrogens with zero attached hydrogens (tertiary/aromatic N) is 7. The molecule has 0 amide bonds. The molecular weight excluding hydrogens is 1590 g/mol. The molecule has 1 N–H and O–H groups in total. The SMILES string of the molecule is Brc1cccc2c1sc1ccccc12.[B].c1ccc2c(c1)N(c1ccc3c(c1)c1ccccc1n1c4ccccc4nc31)c1cc3c4ccccc4c4ccccc4c3cc1N2c1cccc2c1sc1ccccc12.c1ccc2c(c1)Nc1cc3c4ccccc4c4ccccc4c3cc1N2c1ccc2c(c1)c1ccccc1n1c3ccccc3nc21. The van der Waals surface area contributed by atoms with E-state index in [9.17, 15) is 0 Å². The number of hydrogen-bond donors (Lipinski definition) is 1. The van der Waals surface area contributed by atoms with Crippen LogP contribution in [-0.2, 0) is 0 Å². The second-order valence-electron chi connectivity index (χ2n) is 31.6. The number of imidazole rings is 2. The van der Waals surface area contributed by atoms with Crippen LogP contribution in [0.2, 0.25) is 0 Å². The van der Waals surface area contributed by atoms with Gasteiger partial charge in [0.2, 0.25) is 0 Å². The summed E-state index contributed by atoms with van der Waals surface area (Å²) >= 11 is 7.30. The number of fused-ring (bicyclic) bond motifs is 38. The van der Waals surface area contributed by atoms with Crippen LogP contribution in [-0.4, -0.2) is 27.2 Å². The van der Waals surface area contributed by atoms with E-state index < -0.39 is 0 Å². The van der Waals surface area contributed by atoms with E-state index in [2.05, 4.69) is 433 Å². The summed E-state index contributed by atoms with van der Waals surface area (Å²) in [6.07, 6.45) is 0. The Morgan fingerprint density at radius 2 is 0.566 bits per heavy atom. The molecule has 20 aromatic carbocycles. The van der Waals surface area contributed by atoms with Crippen molar-refractivity contribution in [2.75, 3.05) is 20.0 Å². The largest absolute Gasteiger partial charge is 0.352 e. The number of rotatable bonds is 3. The van der Waals surface area contributed by atoms with Crippen molar-refractivity contribution in [2.24, 2.45) is 0 Å². The van der Waals surface area contributed by atoms with Gasteiger partial charge in [0.05, 0.1) is 89.0 Å². The summed E-state index contributed by atoms with van der Waals surface area (Å²) in [5.74, 6) is 0. The third kappa shape index (κ3) is 10.4. The summed E-state index contributed by atoms with van der Waals surface area (Å²) in [6, 6.07) is 141.